The zero-order valence-corrected chi connectivity index (χ0v) is 11.6. The van der Waals surface area contributed by atoms with Gasteiger partial charge in [0.15, 0.2) is 0 Å². The van der Waals surface area contributed by atoms with Crippen LogP contribution in [0.2, 0.25) is 0 Å². The van der Waals surface area contributed by atoms with E-state index in [0.29, 0.717) is 25.8 Å². The molecule has 2 amide bonds. The van der Waals surface area contributed by atoms with Crippen molar-refractivity contribution < 1.29 is 14.7 Å². The smallest absolute Gasteiger partial charge is 0.329 e. The summed E-state index contributed by atoms with van der Waals surface area (Å²) in [5, 5.41) is 18.6. The van der Waals surface area contributed by atoms with Gasteiger partial charge in [-0.25, -0.2) is 9.59 Å². The number of aliphatic carboxylic acids is 1. The van der Waals surface area contributed by atoms with Crippen molar-refractivity contribution in [1.82, 2.24) is 20.4 Å². The van der Waals surface area contributed by atoms with Gasteiger partial charge in [-0.05, 0) is 24.8 Å². The van der Waals surface area contributed by atoms with Crippen molar-refractivity contribution in [2.75, 3.05) is 6.54 Å². The molecule has 20 heavy (non-hydrogen) atoms. The lowest BCUT2D eigenvalue weighted by atomic mass is 9.98. The van der Waals surface area contributed by atoms with Crippen molar-refractivity contribution in [3.63, 3.8) is 0 Å². The third-order valence-corrected chi connectivity index (χ3v) is 3.68. The zero-order chi connectivity index (χ0) is 14.6. The van der Waals surface area contributed by atoms with E-state index in [1.165, 1.54) is 0 Å². The van der Waals surface area contributed by atoms with Crippen LogP contribution in [0.15, 0.2) is 12.4 Å². The first kappa shape index (κ1) is 14.4. The van der Waals surface area contributed by atoms with Gasteiger partial charge in [-0.15, -0.1) is 0 Å². The number of carboxylic acids is 1. The van der Waals surface area contributed by atoms with Gasteiger partial charge in [-0.2, -0.15) is 5.10 Å². The highest BCUT2D eigenvalue weighted by Gasteiger charge is 2.42. The molecule has 1 heterocycles. The summed E-state index contributed by atoms with van der Waals surface area (Å²) in [7, 11) is 1.83. The van der Waals surface area contributed by atoms with Crippen molar-refractivity contribution in [2.24, 2.45) is 7.05 Å². The van der Waals surface area contributed by atoms with Crippen molar-refractivity contribution in [3.05, 3.63) is 18.0 Å². The Balaban J connectivity index is 1.78. The molecular weight excluding hydrogens is 260 g/mol. The second-order valence-electron chi connectivity index (χ2n) is 5.25. The highest BCUT2D eigenvalue weighted by atomic mass is 16.4. The molecule has 1 aromatic rings. The summed E-state index contributed by atoms with van der Waals surface area (Å²) in [5.41, 5.74) is -0.0557. The normalized spacial score (nSPS) is 16.9. The summed E-state index contributed by atoms with van der Waals surface area (Å²) in [4.78, 5) is 23.1. The molecule has 1 fully saturated rings. The van der Waals surface area contributed by atoms with Crippen LogP contribution in [0.25, 0.3) is 0 Å². The molecule has 0 aromatic carbocycles. The van der Waals surface area contributed by atoms with Gasteiger partial charge in [-0.3, -0.25) is 4.68 Å². The topological polar surface area (TPSA) is 96.2 Å². The van der Waals surface area contributed by atoms with Crippen molar-refractivity contribution in [2.45, 2.75) is 37.6 Å². The fourth-order valence-electron chi connectivity index (χ4n) is 2.55. The summed E-state index contributed by atoms with van der Waals surface area (Å²) in [6.45, 7) is 0.452. The number of nitrogens with one attached hydrogen (secondary N) is 2. The van der Waals surface area contributed by atoms with Gasteiger partial charge in [0, 0.05) is 19.8 Å². The lowest BCUT2D eigenvalue weighted by Crippen LogP contribution is -2.55. The summed E-state index contributed by atoms with van der Waals surface area (Å²) < 4.78 is 1.70. The zero-order valence-electron chi connectivity index (χ0n) is 11.6. The van der Waals surface area contributed by atoms with E-state index in [9.17, 15) is 14.7 Å². The lowest BCUT2D eigenvalue weighted by Gasteiger charge is -2.25. The van der Waals surface area contributed by atoms with Crippen LogP contribution in [0.3, 0.4) is 0 Å². The molecule has 1 saturated carbocycles. The minimum atomic E-state index is -1.08. The molecule has 0 spiro atoms. The Labute approximate surface area is 117 Å². The average molecular weight is 280 g/mol. The number of aromatic nitrogens is 2. The second kappa shape index (κ2) is 5.94. The Morgan fingerprint density at radius 3 is 2.70 bits per heavy atom. The Morgan fingerprint density at radius 1 is 1.45 bits per heavy atom. The third-order valence-electron chi connectivity index (χ3n) is 3.68. The molecule has 1 aliphatic carbocycles. The number of carboxylic acid groups (broad SMARTS) is 1. The van der Waals surface area contributed by atoms with E-state index in [4.69, 9.17) is 0 Å². The Morgan fingerprint density at radius 2 is 2.15 bits per heavy atom. The van der Waals surface area contributed by atoms with Crippen molar-refractivity contribution in [1.29, 1.82) is 0 Å². The number of aryl methyl sites for hydroxylation is 1. The number of amides is 2. The first-order chi connectivity index (χ1) is 9.52. The van der Waals surface area contributed by atoms with E-state index < -0.39 is 17.5 Å². The van der Waals surface area contributed by atoms with Gasteiger partial charge in [-0.1, -0.05) is 12.8 Å². The van der Waals surface area contributed by atoms with Crippen molar-refractivity contribution in [3.8, 4) is 0 Å². The van der Waals surface area contributed by atoms with Crippen LogP contribution in [-0.2, 0) is 18.3 Å². The molecule has 2 rings (SSSR count). The predicted octanol–water partition coefficient (Wildman–Crippen LogP) is 0.659. The quantitative estimate of drug-likeness (QED) is 0.738. The standard InChI is InChI=1S/C13H20N4O3/c1-17-9-10(8-15-17)4-7-14-12(20)16-13(11(18)19)5-2-3-6-13/h8-9H,2-7H2,1H3,(H,18,19)(H2,14,16,20). The first-order valence-corrected chi connectivity index (χ1v) is 6.79. The summed E-state index contributed by atoms with van der Waals surface area (Å²) >= 11 is 0. The number of carbonyl (C=O) groups excluding carboxylic acids is 1. The number of nitrogens with zero attached hydrogens (tertiary/aromatic N) is 2. The van der Waals surface area contributed by atoms with Crippen LogP contribution in [0.4, 0.5) is 4.79 Å². The molecule has 3 N–H and O–H groups in total. The van der Waals surface area contributed by atoms with Crippen LogP contribution < -0.4 is 10.6 Å². The number of urea groups is 1. The highest BCUT2D eigenvalue weighted by molar-refractivity contribution is 5.86. The molecule has 7 nitrogen and oxygen atoms in total. The molecule has 1 aliphatic rings. The Bertz CT molecular complexity index is 492. The molecule has 7 heteroatoms. The fourth-order valence-corrected chi connectivity index (χ4v) is 2.55. The average Bonchev–Trinajstić information content (AvgIpc) is 2.99. The number of carbonyl (C=O) groups is 2. The predicted molar refractivity (Wildman–Crippen MR) is 72.3 cm³/mol. The van der Waals surface area contributed by atoms with E-state index >= 15 is 0 Å². The molecule has 0 saturated heterocycles. The van der Waals surface area contributed by atoms with E-state index in [-0.39, 0.29) is 0 Å². The van der Waals surface area contributed by atoms with Crippen molar-refractivity contribution >= 4 is 12.0 Å². The van der Waals surface area contributed by atoms with Crippen LogP contribution in [0, 0.1) is 0 Å². The minimum Gasteiger partial charge on any atom is -0.480 e. The third kappa shape index (κ3) is 3.28. The molecule has 0 aliphatic heterocycles. The van der Waals surface area contributed by atoms with Gasteiger partial charge < -0.3 is 15.7 Å². The van der Waals surface area contributed by atoms with E-state index in [1.807, 2.05) is 13.2 Å². The highest BCUT2D eigenvalue weighted by Crippen LogP contribution is 2.29. The lowest BCUT2D eigenvalue weighted by molar-refractivity contribution is -0.144. The first-order valence-electron chi connectivity index (χ1n) is 6.79. The largest absolute Gasteiger partial charge is 0.480 e. The summed E-state index contributed by atoms with van der Waals surface area (Å²) in [6, 6.07) is -0.418. The monoisotopic (exact) mass is 280 g/mol. The van der Waals surface area contributed by atoms with Crippen LogP contribution >= 0.6 is 0 Å². The molecule has 0 radical (unpaired) electrons. The maximum atomic E-state index is 11.8. The minimum absolute atomic E-state index is 0.418. The molecule has 0 unspecified atom stereocenters. The molecule has 1 aromatic heterocycles. The number of rotatable bonds is 5. The van der Waals surface area contributed by atoms with Gasteiger partial charge in [0.2, 0.25) is 0 Å². The van der Waals surface area contributed by atoms with E-state index in [2.05, 4.69) is 15.7 Å². The second-order valence-corrected chi connectivity index (χ2v) is 5.25. The SMILES string of the molecule is Cn1cc(CCNC(=O)NC2(C(=O)O)CCCC2)cn1. The molecule has 0 bridgehead atoms. The van der Waals surface area contributed by atoms with Gasteiger partial charge in [0.05, 0.1) is 6.20 Å². The summed E-state index contributed by atoms with van der Waals surface area (Å²) in [6.07, 6.45) is 6.97. The maximum Gasteiger partial charge on any atom is 0.329 e. The molecule has 0 atom stereocenters. The summed E-state index contributed by atoms with van der Waals surface area (Å²) in [5.74, 6) is -0.947. The van der Waals surface area contributed by atoms with Gasteiger partial charge >= 0.3 is 12.0 Å². The Hall–Kier alpha value is -2.05. The molecular formula is C13H20N4O3. The maximum absolute atomic E-state index is 11.8. The van der Waals surface area contributed by atoms with Crippen LogP contribution in [0.5, 0.6) is 0 Å². The molecule has 110 valence electrons. The number of hydrogen-bond donors (Lipinski definition) is 3. The van der Waals surface area contributed by atoms with Crippen LogP contribution in [-0.4, -0.2) is 39.0 Å². The van der Waals surface area contributed by atoms with E-state index in [1.54, 1.807) is 10.9 Å². The van der Waals surface area contributed by atoms with Crippen LogP contribution in [0.1, 0.15) is 31.2 Å². The van der Waals surface area contributed by atoms with E-state index in [0.717, 1.165) is 18.4 Å². The Kier molecular flexibility index (Phi) is 4.26. The fraction of sp³-hybridized carbons (Fsp3) is 0.615. The van der Waals surface area contributed by atoms with Gasteiger partial charge in [0.25, 0.3) is 0 Å². The van der Waals surface area contributed by atoms with Gasteiger partial charge in [0.1, 0.15) is 5.54 Å². The number of hydrogen-bond acceptors (Lipinski definition) is 3.